The molecule has 4 heteroatoms. The molecule has 0 atom stereocenters. The number of rotatable bonds is 4. The van der Waals surface area contributed by atoms with Gasteiger partial charge in [-0.2, -0.15) is 0 Å². The fourth-order valence-electron chi connectivity index (χ4n) is 1.29. The summed E-state index contributed by atoms with van der Waals surface area (Å²) in [6.45, 7) is 7.90. The summed E-state index contributed by atoms with van der Waals surface area (Å²) in [4.78, 5) is 23.4. The minimum Gasteiger partial charge on any atom is -0.462 e. The first-order valence-electron chi connectivity index (χ1n) is 6.43. The van der Waals surface area contributed by atoms with Crippen LogP contribution in [0.2, 0.25) is 0 Å². The number of benzene rings is 1. The highest BCUT2D eigenvalue weighted by Crippen LogP contribution is 2.18. The summed E-state index contributed by atoms with van der Waals surface area (Å²) in [5.74, 6) is -0.399. The average molecular weight is 263 g/mol. The topological polar surface area (TPSA) is 55.4 Å². The molecule has 0 aromatic heterocycles. The van der Waals surface area contributed by atoms with Gasteiger partial charge in [0.05, 0.1) is 12.2 Å². The summed E-state index contributed by atoms with van der Waals surface area (Å²) in [5.41, 5.74) is 0.716. The molecule has 0 saturated carbocycles. The second-order valence-electron chi connectivity index (χ2n) is 5.42. The quantitative estimate of drug-likeness (QED) is 0.848. The summed E-state index contributed by atoms with van der Waals surface area (Å²) in [5, 5.41) is 2.80. The minimum absolute atomic E-state index is 0.0613. The van der Waals surface area contributed by atoms with Gasteiger partial charge in [-0.15, -0.1) is 0 Å². The number of amides is 1. The molecule has 1 N–H and O–H groups in total. The van der Waals surface area contributed by atoms with Gasteiger partial charge in [-0.1, -0.05) is 27.7 Å². The molecule has 0 heterocycles. The van der Waals surface area contributed by atoms with E-state index in [4.69, 9.17) is 4.74 Å². The van der Waals surface area contributed by atoms with Gasteiger partial charge in [0.2, 0.25) is 5.91 Å². The summed E-state index contributed by atoms with van der Waals surface area (Å²) >= 11 is 0. The highest BCUT2D eigenvalue weighted by atomic mass is 16.5. The number of nitrogens with one attached hydrogen (secondary N) is 1. The lowest BCUT2D eigenvalue weighted by Gasteiger charge is -2.17. The van der Waals surface area contributed by atoms with E-state index in [1.165, 1.54) is 0 Å². The zero-order valence-electron chi connectivity index (χ0n) is 11.9. The van der Waals surface area contributed by atoms with Crippen LogP contribution in [0.5, 0.6) is 0 Å². The van der Waals surface area contributed by atoms with E-state index in [1.54, 1.807) is 24.3 Å². The third-order valence-corrected chi connectivity index (χ3v) is 2.50. The van der Waals surface area contributed by atoms with Crippen LogP contribution in [0.3, 0.4) is 0 Å². The molecule has 0 aliphatic carbocycles. The third kappa shape index (κ3) is 4.73. The van der Waals surface area contributed by atoms with Crippen molar-refractivity contribution in [3.05, 3.63) is 29.8 Å². The molecule has 1 rings (SSSR count). The Morgan fingerprint density at radius 2 is 1.74 bits per heavy atom. The number of anilines is 1. The van der Waals surface area contributed by atoms with Crippen LogP contribution < -0.4 is 5.32 Å². The van der Waals surface area contributed by atoms with Crippen LogP contribution in [0, 0.1) is 5.41 Å². The van der Waals surface area contributed by atoms with Crippen LogP contribution in [0.1, 0.15) is 44.5 Å². The second-order valence-corrected chi connectivity index (χ2v) is 5.42. The molecule has 0 aliphatic heterocycles. The van der Waals surface area contributed by atoms with Crippen molar-refractivity contribution in [3.8, 4) is 0 Å². The van der Waals surface area contributed by atoms with Gasteiger partial charge in [-0.3, -0.25) is 4.79 Å². The first-order chi connectivity index (χ1) is 8.84. The zero-order chi connectivity index (χ0) is 14.5. The normalized spacial score (nSPS) is 10.9. The molecule has 1 amide bonds. The fourth-order valence-corrected chi connectivity index (χ4v) is 1.29. The Bertz CT molecular complexity index is 443. The lowest BCUT2D eigenvalue weighted by atomic mass is 9.95. The predicted octanol–water partition coefficient (Wildman–Crippen LogP) is 3.24. The number of hydrogen-bond acceptors (Lipinski definition) is 3. The Labute approximate surface area is 114 Å². The Kier molecular flexibility index (Phi) is 5.10. The maximum Gasteiger partial charge on any atom is 0.338 e. The van der Waals surface area contributed by atoms with Gasteiger partial charge >= 0.3 is 5.97 Å². The Morgan fingerprint density at radius 3 is 2.21 bits per heavy atom. The van der Waals surface area contributed by atoms with E-state index < -0.39 is 5.41 Å². The summed E-state index contributed by atoms with van der Waals surface area (Å²) in [7, 11) is 0. The van der Waals surface area contributed by atoms with Gasteiger partial charge < -0.3 is 10.1 Å². The zero-order valence-corrected chi connectivity index (χ0v) is 11.9. The van der Waals surface area contributed by atoms with E-state index in [0.29, 0.717) is 17.9 Å². The van der Waals surface area contributed by atoms with Crippen LogP contribution in [-0.4, -0.2) is 18.5 Å². The Morgan fingerprint density at radius 1 is 1.16 bits per heavy atom. The van der Waals surface area contributed by atoms with Gasteiger partial charge in [0, 0.05) is 11.1 Å². The second kappa shape index (κ2) is 6.36. The molecule has 0 aliphatic rings. The molecule has 0 fully saturated rings. The number of ether oxygens (including phenoxy) is 1. The highest BCUT2D eigenvalue weighted by Gasteiger charge is 2.21. The van der Waals surface area contributed by atoms with E-state index in [1.807, 2.05) is 27.7 Å². The lowest BCUT2D eigenvalue weighted by Crippen LogP contribution is -2.27. The van der Waals surface area contributed by atoms with Crippen molar-refractivity contribution in [2.24, 2.45) is 5.41 Å². The van der Waals surface area contributed by atoms with E-state index in [-0.39, 0.29) is 11.9 Å². The standard InChI is InChI=1S/C15H21NO3/c1-5-10-19-13(17)11-6-8-12(9-7-11)16-14(18)15(2,3)4/h6-9H,5,10H2,1-4H3,(H,16,18). The van der Waals surface area contributed by atoms with Crippen molar-refractivity contribution in [2.75, 3.05) is 11.9 Å². The van der Waals surface area contributed by atoms with Gasteiger partial charge in [-0.25, -0.2) is 4.79 Å². The van der Waals surface area contributed by atoms with E-state index in [9.17, 15) is 9.59 Å². The Balaban J connectivity index is 2.67. The number of carbonyl (C=O) groups is 2. The van der Waals surface area contributed by atoms with Crippen molar-refractivity contribution in [2.45, 2.75) is 34.1 Å². The SMILES string of the molecule is CCCOC(=O)c1ccc(NC(=O)C(C)(C)C)cc1. The molecule has 0 unspecified atom stereocenters. The van der Waals surface area contributed by atoms with Crippen molar-refractivity contribution < 1.29 is 14.3 Å². The van der Waals surface area contributed by atoms with Gasteiger partial charge in [0.15, 0.2) is 0 Å². The molecule has 1 aromatic carbocycles. The first kappa shape index (κ1) is 15.2. The van der Waals surface area contributed by atoms with Gasteiger partial charge in [-0.05, 0) is 30.7 Å². The summed E-state index contributed by atoms with van der Waals surface area (Å²) < 4.78 is 5.03. The third-order valence-electron chi connectivity index (χ3n) is 2.50. The molecule has 0 radical (unpaired) electrons. The first-order valence-corrected chi connectivity index (χ1v) is 6.43. The number of carbonyl (C=O) groups excluding carboxylic acids is 2. The molecule has 4 nitrogen and oxygen atoms in total. The van der Waals surface area contributed by atoms with Crippen molar-refractivity contribution in [1.29, 1.82) is 0 Å². The fraction of sp³-hybridized carbons (Fsp3) is 0.467. The molecule has 104 valence electrons. The van der Waals surface area contributed by atoms with Crippen LogP contribution in [0.15, 0.2) is 24.3 Å². The maximum atomic E-state index is 11.8. The smallest absolute Gasteiger partial charge is 0.338 e. The molecule has 1 aromatic rings. The van der Waals surface area contributed by atoms with Crippen molar-refractivity contribution in [3.63, 3.8) is 0 Å². The molecule has 19 heavy (non-hydrogen) atoms. The molecule has 0 saturated heterocycles. The molecule has 0 bridgehead atoms. The largest absolute Gasteiger partial charge is 0.462 e. The molecule has 0 spiro atoms. The summed E-state index contributed by atoms with van der Waals surface area (Å²) in [6.07, 6.45) is 0.797. The van der Waals surface area contributed by atoms with Crippen LogP contribution >= 0.6 is 0 Å². The van der Waals surface area contributed by atoms with E-state index in [2.05, 4.69) is 5.32 Å². The molecular formula is C15H21NO3. The maximum absolute atomic E-state index is 11.8. The van der Waals surface area contributed by atoms with Crippen LogP contribution in [-0.2, 0) is 9.53 Å². The van der Waals surface area contributed by atoms with Gasteiger partial charge in [0.1, 0.15) is 0 Å². The van der Waals surface area contributed by atoms with E-state index >= 15 is 0 Å². The lowest BCUT2D eigenvalue weighted by molar-refractivity contribution is -0.123. The van der Waals surface area contributed by atoms with Gasteiger partial charge in [0.25, 0.3) is 0 Å². The van der Waals surface area contributed by atoms with Crippen molar-refractivity contribution in [1.82, 2.24) is 0 Å². The minimum atomic E-state index is -0.446. The number of hydrogen-bond donors (Lipinski definition) is 1. The van der Waals surface area contributed by atoms with Crippen molar-refractivity contribution >= 4 is 17.6 Å². The van der Waals surface area contributed by atoms with E-state index in [0.717, 1.165) is 6.42 Å². The van der Waals surface area contributed by atoms with Crippen LogP contribution in [0.25, 0.3) is 0 Å². The predicted molar refractivity (Wildman–Crippen MR) is 75.1 cm³/mol. The average Bonchev–Trinajstić information content (AvgIpc) is 2.35. The Hall–Kier alpha value is -1.84. The summed E-state index contributed by atoms with van der Waals surface area (Å²) in [6, 6.07) is 6.70. The monoisotopic (exact) mass is 263 g/mol. The molecular weight excluding hydrogens is 242 g/mol. The number of esters is 1. The van der Waals surface area contributed by atoms with Crippen LogP contribution in [0.4, 0.5) is 5.69 Å². The highest BCUT2D eigenvalue weighted by molar-refractivity contribution is 5.95.